The average molecular weight is 733 g/mol. The van der Waals surface area contributed by atoms with Crippen molar-refractivity contribution in [3.8, 4) is 0 Å². The Morgan fingerprint density at radius 3 is 0.864 bits per heavy atom. The highest BCUT2D eigenvalue weighted by atomic mass is 127. The minimum atomic E-state index is 0.267. The molecular formula is C34H69IN8O. The second-order valence-corrected chi connectivity index (χ2v) is 15.1. The molecule has 258 valence electrons. The minimum absolute atomic E-state index is 0.267. The maximum atomic E-state index is 9.81. The van der Waals surface area contributed by atoms with Crippen LogP contribution in [0.4, 0.5) is 0 Å². The van der Waals surface area contributed by atoms with E-state index in [0.717, 1.165) is 39.3 Å². The number of aliphatic hydroxyl groups is 1. The second-order valence-electron chi connectivity index (χ2n) is 14.0. The van der Waals surface area contributed by atoms with Crippen molar-refractivity contribution < 1.29 is 5.11 Å². The molecule has 0 bridgehead atoms. The van der Waals surface area contributed by atoms with E-state index < -0.39 is 0 Å². The highest BCUT2D eigenvalue weighted by Crippen LogP contribution is 2.11. The lowest BCUT2D eigenvalue weighted by molar-refractivity contribution is 0.131. The number of halogens is 1. The molecule has 0 atom stereocenters. The summed E-state index contributed by atoms with van der Waals surface area (Å²) in [5, 5.41) is 9.81. The van der Waals surface area contributed by atoms with E-state index >= 15 is 0 Å². The molecule has 0 aromatic carbocycles. The number of nitrogens with zero attached hydrogens (tertiary/aromatic N) is 8. The Morgan fingerprint density at radius 2 is 0.614 bits per heavy atom. The molecule has 4 heterocycles. The van der Waals surface area contributed by atoms with Crippen molar-refractivity contribution in [2.45, 2.75) is 51.4 Å². The summed E-state index contributed by atoms with van der Waals surface area (Å²) in [5.41, 5.74) is 0. The van der Waals surface area contributed by atoms with Gasteiger partial charge in [0.1, 0.15) is 0 Å². The van der Waals surface area contributed by atoms with Gasteiger partial charge in [0.2, 0.25) is 0 Å². The minimum Gasteiger partial charge on any atom is -0.395 e. The molecule has 4 rings (SSSR count). The maximum Gasteiger partial charge on any atom is 0.0558 e. The van der Waals surface area contributed by atoms with Gasteiger partial charge in [-0.25, -0.2) is 0 Å². The summed E-state index contributed by atoms with van der Waals surface area (Å²) >= 11 is 2.57. The van der Waals surface area contributed by atoms with Gasteiger partial charge in [-0.3, -0.25) is 14.7 Å². The van der Waals surface area contributed by atoms with Gasteiger partial charge in [0.25, 0.3) is 0 Å². The molecule has 4 aliphatic heterocycles. The first kappa shape index (κ1) is 37.2. The van der Waals surface area contributed by atoms with Gasteiger partial charge in [-0.2, -0.15) is 0 Å². The molecule has 0 unspecified atom stereocenters. The fourth-order valence-electron chi connectivity index (χ4n) is 7.61. The highest BCUT2D eigenvalue weighted by Gasteiger charge is 2.19. The smallest absolute Gasteiger partial charge is 0.0558 e. The maximum absolute atomic E-state index is 9.81. The molecule has 10 heteroatoms. The normalized spacial score (nSPS) is 21.1. The van der Waals surface area contributed by atoms with E-state index in [2.05, 4.69) is 61.8 Å². The van der Waals surface area contributed by atoms with E-state index in [1.54, 1.807) is 0 Å². The predicted octanol–water partition coefficient (Wildman–Crippen LogP) is 2.00. The standard InChI is InChI=1S/C34H69IN8O/c35-9-18-40(23-19-36-10-1-2-11-36)24-27-41(25-20-37-12-3-4-13-37)28-29-42(26-21-38-14-5-6-15-38)30-32-43(33-34-44)31-22-39-16-7-8-17-39/h44H,1-34H2. The monoisotopic (exact) mass is 732 g/mol. The lowest BCUT2D eigenvalue weighted by Crippen LogP contribution is -2.47. The predicted molar refractivity (Wildman–Crippen MR) is 194 cm³/mol. The third kappa shape index (κ3) is 15.1. The molecule has 0 aliphatic carbocycles. The molecule has 0 radical (unpaired) electrons. The topological polar surface area (TPSA) is 46.2 Å². The van der Waals surface area contributed by atoms with Crippen LogP contribution in [0.5, 0.6) is 0 Å². The molecule has 0 saturated carbocycles. The Morgan fingerprint density at radius 1 is 0.364 bits per heavy atom. The van der Waals surface area contributed by atoms with Crippen molar-refractivity contribution in [3.63, 3.8) is 0 Å². The molecule has 4 saturated heterocycles. The zero-order valence-electron chi connectivity index (χ0n) is 28.4. The van der Waals surface area contributed by atoms with E-state index in [1.807, 2.05) is 0 Å². The number of likely N-dealkylation sites (tertiary alicyclic amines) is 4. The van der Waals surface area contributed by atoms with Gasteiger partial charge in [-0.1, -0.05) is 22.6 Å². The summed E-state index contributed by atoms with van der Waals surface area (Å²) in [6.07, 6.45) is 11.0. The van der Waals surface area contributed by atoms with Crippen molar-refractivity contribution in [2.75, 3.05) is 168 Å². The van der Waals surface area contributed by atoms with Gasteiger partial charge in [0, 0.05) is 109 Å². The lowest BCUT2D eigenvalue weighted by Gasteiger charge is -2.33. The van der Waals surface area contributed by atoms with Crippen molar-refractivity contribution in [2.24, 2.45) is 0 Å². The summed E-state index contributed by atoms with van der Waals surface area (Å²) in [6, 6.07) is 0. The Bertz CT molecular complexity index is 641. The Balaban J connectivity index is 1.29. The first-order chi connectivity index (χ1) is 21.7. The van der Waals surface area contributed by atoms with Gasteiger partial charge in [-0.15, -0.1) is 0 Å². The third-order valence-corrected chi connectivity index (χ3v) is 11.2. The van der Waals surface area contributed by atoms with Crippen LogP contribution in [0.25, 0.3) is 0 Å². The van der Waals surface area contributed by atoms with E-state index in [1.165, 1.54) is 174 Å². The van der Waals surface area contributed by atoms with E-state index in [9.17, 15) is 5.11 Å². The Kier molecular flexibility index (Phi) is 19.3. The molecule has 0 spiro atoms. The SMILES string of the molecule is OCCN(CCN1CCCC1)CCN(CCN1CCCC1)CCN(CCN1CCCC1)CCN(CCI)CCN1CCCC1. The zero-order valence-corrected chi connectivity index (χ0v) is 30.6. The summed E-state index contributed by atoms with van der Waals surface area (Å²) in [6.45, 7) is 29.0. The molecular weight excluding hydrogens is 663 g/mol. The van der Waals surface area contributed by atoms with Crippen molar-refractivity contribution in [3.05, 3.63) is 0 Å². The number of hydrogen-bond acceptors (Lipinski definition) is 9. The van der Waals surface area contributed by atoms with Gasteiger partial charge < -0.3 is 29.6 Å². The molecule has 4 aliphatic rings. The van der Waals surface area contributed by atoms with Gasteiger partial charge in [0.15, 0.2) is 0 Å². The molecule has 1 N–H and O–H groups in total. The van der Waals surface area contributed by atoms with Crippen LogP contribution in [0.15, 0.2) is 0 Å². The summed E-state index contributed by atoms with van der Waals surface area (Å²) in [4.78, 5) is 21.5. The van der Waals surface area contributed by atoms with Crippen LogP contribution < -0.4 is 0 Å². The molecule has 44 heavy (non-hydrogen) atoms. The number of aliphatic hydroxyl groups excluding tert-OH is 1. The van der Waals surface area contributed by atoms with Gasteiger partial charge >= 0.3 is 0 Å². The van der Waals surface area contributed by atoms with Gasteiger partial charge in [0.05, 0.1) is 6.61 Å². The van der Waals surface area contributed by atoms with Crippen LogP contribution in [-0.4, -0.2) is 212 Å². The molecule has 9 nitrogen and oxygen atoms in total. The fourth-order valence-corrected chi connectivity index (χ4v) is 8.29. The Labute approximate surface area is 285 Å². The summed E-state index contributed by atoms with van der Waals surface area (Å²) in [5.74, 6) is 0. The fraction of sp³-hybridized carbons (Fsp3) is 1.00. The van der Waals surface area contributed by atoms with Crippen LogP contribution in [0.1, 0.15) is 51.4 Å². The molecule has 0 aromatic rings. The van der Waals surface area contributed by atoms with Crippen molar-refractivity contribution in [1.29, 1.82) is 0 Å². The quantitative estimate of drug-likeness (QED) is 0.112. The van der Waals surface area contributed by atoms with Gasteiger partial charge in [-0.05, 0) is 104 Å². The van der Waals surface area contributed by atoms with Crippen LogP contribution in [0.2, 0.25) is 0 Å². The zero-order chi connectivity index (χ0) is 30.7. The molecule has 0 aromatic heterocycles. The number of hydrogen-bond donors (Lipinski definition) is 1. The lowest BCUT2D eigenvalue weighted by atomic mass is 10.3. The van der Waals surface area contributed by atoms with E-state index in [4.69, 9.17) is 0 Å². The number of rotatable bonds is 25. The van der Waals surface area contributed by atoms with Crippen LogP contribution in [0.3, 0.4) is 0 Å². The molecule has 4 fully saturated rings. The van der Waals surface area contributed by atoms with E-state index in [-0.39, 0.29) is 6.61 Å². The van der Waals surface area contributed by atoms with E-state index in [0.29, 0.717) is 0 Å². The van der Waals surface area contributed by atoms with Crippen molar-refractivity contribution in [1.82, 2.24) is 39.2 Å². The highest BCUT2D eigenvalue weighted by molar-refractivity contribution is 14.1. The number of alkyl halides is 1. The van der Waals surface area contributed by atoms with Crippen LogP contribution >= 0.6 is 22.6 Å². The second kappa shape index (κ2) is 22.9. The van der Waals surface area contributed by atoms with Crippen LogP contribution in [-0.2, 0) is 0 Å². The third-order valence-electron chi connectivity index (χ3n) is 10.7. The molecule has 0 amide bonds. The first-order valence-corrected chi connectivity index (χ1v) is 20.2. The largest absolute Gasteiger partial charge is 0.395 e. The summed E-state index contributed by atoms with van der Waals surface area (Å²) in [7, 11) is 0. The van der Waals surface area contributed by atoms with Crippen molar-refractivity contribution >= 4 is 22.6 Å². The Hall–Kier alpha value is 0.370. The summed E-state index contributed by atoms with van der Waals surface area (Å²) < 4.78 is 1.22. The first-order valence-electron chi connectivity index (χ1n) is 18.7. The average Bonchev–Trinajstić information content (AvgIpc) is 3.88. The van der Waals surface area contributed by atoms with Crippen LogP contribution in [0, 0.1) is 0 Å².